The summed E-state index contributed by atoms with van der Waals surface area (Å²) in [5.41, 5.74) is -3.56. The normalized spacial score (nSPS) is 22.7. The van der Waals surface area contributed by atoms with Crippen LogP contribution in [0.25, 0.3) is 0 Å². The van der Waals surface area contributed by atoms with Crippen LogP contribution in [0.2, 0.25) is 0 Å². The average Bonchev–Trinajstić information content (AvgIpc) is 3.26. The molecule has 0 aromatic heterocycles. The summed E-state index contributed by atoms with van der Waals surface area (Å²) in [4.78, 5) is 60.6. The maximum atomic E-state index is 12.4. The zero-order chi connectivity index (χ0) is 53.6. The van der Waals surface area contributed by atoms with Gasteiger partial charge >= 0.3 is 0 Å². The third-order valence-electron chi connectivity index (χ3n) is 9.41. The zero-order valence-electron chi connectivity index (χ0n) is 38.7. The van der Waals surface area contributed by atoms with E-state index in [1.807, 2.05) is 16.0 Å². The summed E-state index contributed by atoms with van der Waals surface area (Å²) in [5, 5.41) is 167. The van der Waals surface area contributed by atoms with Crippen molar-refractivity contribution in [1.29, 1.82) is 0 Å². The van der Waals surface area contributed by atoms with Gasteiger partial charge in [-0.3, -0.25) is 24.0 Å². The Balaban J connectivity index is 3.84. The van der Waals surface area contributed by atoms with Crippen molar-refractivity contribution in [2.75, 3.05) is 33.0 Å². The third-order valence-corrected chi connectivity index (χ3v) is 9.41. The molecule has 0 aromatic rings. The van der Waals surface area contributed by atoms with Crippen LogP contribution in [0.4, 0.5) is 0 Å². The number of nitrogens with one attached hydrogen (secondary N) is 5. The Labute approximate surface area is 399 Å². The molecule has 70 heavy (non-hydrogen) atoms. The van der Waals surface area contributed by atoms with Gasteiger partial charge in [-0.05, 0) is 6.08 Å². The fourth-order valence-electron chi connectivity index (χ4n) is 6.36. The van der Waals surface area contributed by atoms with Crippen LogP contribution in [0.3, 0.4) is 0 Å². The summed E-state index contributed by atoms with van der Waals surface area (Å²) in [5.74, 6) is -8.09. The smallest absolute Gasteiger partial charge is 0.221 e. The lowest BCUT2D eigenvalue weighted by molar-refractivity contribution is -0.278. The number of hydrogen-bond acceptors (Lipinski definition) is 25. The van der Waals surface area contributed by atoms with Gasteiger partial charge in [-0.1, -0.05) is 0 Å². The molecule has 0 saturated carbocycles. The van der Waals surface area contributed by atoms with Crippen molar-refractivity contribution in [3.63, 3.8) is 0 Å². The highest BCUT2D eigenvalue weighted by Gasteiger charge is 2.46. The van der Waals surface area contributed by atoms with E-state index in [9.17, 15) is 101 Å². The molecule has 1 saturated heterocycles. The van der Waals surface area contributed by atoms with Crippen LogP contribution in [-0.2, 0) is 47.7 Å². The first kappa shape index (κ1) is 63.0. The van der Waals surface area contributed by atoms with Gasteiger partial charge in [-0.15, -0.1) is 0 Å². The molecule has 0 radical (unpaired) electrons. The first-order chi connectivity index (χ1) is 32.8. The number of hydrogen-bond donors (Lipinski definition) is 20. The van der Waals surface area contributed by atoms with Gasteiger partial charge in [0.15, 0.2) is 18.9 Å². The number of carbonyl (C=O) groups excluding carboxylic acids is 5. The van der Waals surface area contributed by atoms with Crippen LogP contribution in [0, 0.1) is 0 Å². The third kappa shape index (κ3) is 20.4. The molecule has 1 aliphatic heterocycles. The van der Waals surface area contributed by atoms with Crippen molar-refractivity contribution in [3.05, 3.63) is 46.1 Å². The van der Waals surface area contributed by atoms with E-state index in [1.165, 1.54) is 0 Å². The Hall–Kier alpha value is -4.97. The van der Waals surface area contributed by atoms with Gasteiger partial charge in [0.1, 0.15) is 77.0 Å². The zero-order valence-corrected chi connectivity index (χ0v) is 38.7. The van der Waals surface area contributed by atoms with Gasteiger partial charge in [0.05, 0.1) is 18.4 Å². The Morgan fingerprint density at radius 3 is 1.29 bits per heavy atom. The van der Waals surface area contributed by atoms with Gasteiger partial charge in [0, 0.05) is 86.7 Å². The Morgan fingerprint density at radius 2 is 0.929 bits per heavy atom. The Morgan fingerprint density at radius 1 is 0.543 bits per heavy atom. The molecule has 12 unspecified atom stereocenters. The van der Waals surface area contributed by atoms with Gasteiger partial charge in [-0.25, -0.2) is 0 Å². The first-order valence-corrected chi connectivity index (χ1v) is 21.2. The van der Waals surface area contributed by atoms with Gasteiger partial charge in [0.25, 0.3) is 0 Å². The van der Waals surface area contributed by atoms with E-state index in [1.54, 1.807) is 0 Å². The van der Waals surface area contributed by atoms with Crippen molar-refractivity contribution in [3.8, 4) is 0 Å². The minimum absolute atomic E-state index is 0.356. The number of amides is 5. The lowest BCUT2D eigenvalue weighted by Gasteiger charge is -2.43. The van der Waals surface area contributed by atoms with Crippen LogP contribution in [0.15, 0.2) is 46.1 Å². The molecular weight excluding hydrogens is 950 g/mol. The van der Waals surface area contributed by atoms with Crippen molar-refractivity contribution in [1.82, 2.24) is 26.6 Å². The summed E-state index contributed by atoms with van der Waals surface area (Å²) in [6.45, 7) is 0.734. The number of aliphatic hydroxyl groups excluding tert-OH is 14. The number of carbonyl (C=O) groups is 5. The number of aliphatic hydroxyl groups is 15. The van der Waals surface area contributed by atoms with Gasteiger partial charge in [0.2, 0.25) is 42.1 Å². The molecule has 0 aromatic carbocycles. The molecule has 30 nitrogen and oxygen atoms in total. The second kappa shape index (κ2) is 31.4. The molecule has 0 bridgehead atoms. The lowest BCUT2D eigenvalue weighted by Crippen LogP contribution is -2.65. The highest BCUT2D eigenvalue weighted by atomic mass is 16.7. The molecule has 1 heterocycles. The second-order valence-electron chi connectivity index (χ2n) is 15.2. The Kier molecular flexibility index (Phi) is 28.3. The molecule has 12 atom stereocenters. The summed E-state index contributed by atoms with van der Waals surface area (Å²) in [7, 11) is 0. The molecular formula is C40H67N5O25. The van der Waals surface area contributed by atoms with E-state index in [4.69, 9.17) is 23.7 Å². The number of rotatable bonds is 30. The van der Waals surface area contributed by atoms with Crippen molar-refractivity contribution >= 4 is 29.5 Å². The largest absolute Gasteiger partial charge is 0.507 e. The van der Waals surface area contributed by atoms with Crippen LogP contribution in [0.1, 0.15) is 60.3 Å². The monoisotopic (exact) mass is 1020 g/mol. The van der Waals surface area contributed by atoms with E-state index in [-0.39, 0.29) is 6.42 Å². The van der Waals surface area contributed by atoms with Crippen LogP contribution in [0.5, 0.6) is 0 Å². The summed E-state index contributed by atoms with van der Waals surface area (Å²) in [6.07, 6.45) is -25.4. The van der Waals surface area contributed by atoms with Gasteiger partial charge in [-0.2, -0.15) is 0 Å². The highest BCUT2D eigenvalue weighted by molar-refractivity contribution is 5.76. The second-order valence-corrected chi connectivity index (χ2v) is 15.2. The Bertz CT molecular complexity index is 1850. The predicted molar refractivity (Wildman–Crippen MR) is 230 cm³/mol. The van der Waals surface area contributed by atoms with Gasteiger partial charge < -0.3 is 127 Å². The standard InChI is InChI=1S/C40H67N5O25/c1-16(51)41-22(14-21(6-10-46)66-40-30(45-20(5)55)35(60)34(59)26(15-50)70-40)37(63)67-24(8-12-48)32(57)28(43-18(3)53)39(65)69-25(9-13-49)33(58)29(44-19(4)54)38(64)68-23(7-11-47)31(56)27(36(61)62)42-17(2)52/h14,21,23-26,30,34-40,46-50,56-65H,6-13,15H2,1-5H3,(H,41,51)(H,42,52)(H,43,53)(H,44,54)(H,45,55)/b22-14+,31-27+,32-28-,33-29-. The van der Waals surface area contributed by atoms with Crippen molar-refractivity contribution in [2.45, 2.75) is 141 Å². The highest BCUT2D eigenvalue weighted by Crippen LogP contribution is 2.27. The fourth-order valence-corrected chi connectivity index (χ4v) is 6.36. The molecule has 1 rings (SSSR count). The van der Waals surface area contributed by atoms with Crippen LogP contribution >= 0.6 is 0 Å². The summed E-state index contributed by atoms with van der Waals surface area (Å²) < 4.78 is 27.7. The predicted octanol–water partition coefficient (Wildman–Crippen LogP) is -7.00. The molecule has 30 heteroatoms. The van der Waals surface area contributed by atoms with Crippen molar-refractivity contribution in [2.24, 2.45) is 0 Å². The first-order valence-electron chi connectivity index (χ1n) is 21.2. The quantitative estimate of drug-likeness (QED) is 0.0235. The SMILES string of the molecule is CC(=O)N/C(=C(\O)C(CCO)OC(O)/C(NC(C)=O)=C(/O)C(CCO)OC(O)/C(=C\C(CCO)OC1OC(CO)C(O)C(O)C1NC(C)=O)NC(C)=O)C(O)OC(CCO)/C(O)=C(\NC(C)=O)C(O)O. The molecule has 1 fully saturated rings. The molecule has 0 aliphatic carbocycles. The van der Waals surface area contributed by atoms with E-state index < -0.39 is 202 Å². The number of ether oxygens (including phenoxy) is 5. The minimum Gasteiger partial charge on any atom is -0.507 e. The van der Waals surface area contributed by atoms with E-state index >= 15 is 0 Å². The van der Waals surface area contributed by atoms with Crippen molar-refractivity contribution < 1.29 is 124 Å². The van der Waals surface area contributed by atoms with Crippen LogP contribution in [-0.4, -0.2) is 219 Å². The fraction of sp³-hybridized carbons (Fsp3) is 0.675. The molecule has 0 spiro atoms. The van der Waals surface area contributed by atoms with E-state index in [0.717, 1.165) is 40.7 Å². The molecule has 20 N–H and O–H groups in total. The topological polar surface area (TPSA) is 495 Å². The van der Waals surface area contributed by atoms with Crippen LogP contribution < -0.4 is 26.6 Å². The average molecular weight is 1020 g/mol. The molecule has 402 valence electrons. The maximum absolute atomic E-state index is 12.4. The van der Waals surface area contributed by atoms with E-state index in [2.05, 4.69) is 10.6 Å². The summed E-state index contributed by atoms with van der Waals surface area (Å²) >= 11 is 0. The summed E-state index contributed by atoms with van der Waals surface area (Å²) in [6, 6.07) is -1.48. The minimum atomic E-state index is -2.61. The lowest BCUT2D eigenvalue weighted by atomic mass is 9.97. The molecule has 5 amide bonds. The molecule has 1 aliphatic rings. The maximum Gasteiger partial charge on any atom is 0.221 e. The van der Waals surface area contributed by atoms with E-state index in [0.29, 0.717) is 0 Å².